The van der Waals surface area contributed by atoms with E-state index in [0.717, 1.165) is 26.1 Å². The Morgan fingerprint density at radius 3 is 2.96 bits per heavy atom. The van der Waals surface area contributed by atoms with E-state index in [1.54, 1.807) is 30.5 Å². The van der Waals surface area contributed by atoms with E-state index < -0.39 is 0 Å². The van der Waals surface area contributed by atoms with Crippen molar-refractivity contribution in [2.45, 2.75) is 6.42 Å². The first kappa shape index (κ1) is 18.2. The lowest BCUT2D eigenvalue weighted by Crippen LogP contribution is -2.27. The van der Waals surface area contributed by atoms with E-state index >= 15 is 0 Å². The Hall–Kier alpha value is -3.20. The summed E-state index contributed by atoms with van der Waals surface area (Å²) in [4.78, 5) is 11.0. The standard InChI is InChI=1S/C19H21FN6O2/c1-27-13-3-4-14(15(20)11-13)16-12-18(25-24-16)22-17-5-6-21-19(23-17)26-7-2-9-28-10-8-26/h3-6,11-12H,2,7-10H2,1H3,(H2,21,22,23,24,25). The largest absolute Gasteiger partial charge is 0.497 e. The average molecular weight is 384 g/mol. The highest BCUT2D eigenvalue weighted by Crippen LogP contribution is 2.27. The highest BCUT2D eigenvalue weighted by atomic mass is 19.1. The van der Waals surface area contributed by atoms with E-state index in [4.69, 9.17) is 9.47 Å². The summed E-state index contributed by atoms with van der Waals surface area (Å²) in [7, 11) is 1.50. The molecule has 0 spiro atoms. The van der Waals surface area contributed by atoms with Crippen LogP contribution in [0.2, 0.25) is 0 Å². The van der Waals surface area contributed by atoms with Crippen LogP contribution in [-0.4, -0.2) is 53.6 Å². The number of nitrogens with zero attached hydrogens (tertiary/aromatic N) is 4. The average Bonchev–Trinajstić information content (AvgIpc) is 2.99. The van der Waals surface area contributed by atoms with Crippen molar-refractivity contribution in [3.8, 4) is 17.0 Å². The van der Waals surface area contributed by atoms with Crippen LogP contribution in [0.4, 0.5) is 22.0 Å². The van der Waals surface area contributed by atoms with Crippen LogP contribution in [-0.2, 0) is 4.74 Å². The summed E-state index contributed by atoms with van der Waals surface area (Å²) in [6.45, 7) is 3.03. The third-order valence-electron chi connectivity index (χ3n) is 4.45. The topological polar surface area (TPSA) is 88.2 Å². The normalized spacial score (nSPS) is 14.6. The summed E-state index contributed by atoms with van der Waals surface area (Å²) < 4.78 is 24.8. The third kappa shape index (κ3) is 4.04. The van der Waals surface area contributed by atoms with Gasteiger partial charge < -0.3 is 19.7 Å². The fourth-order valence-electron chi connectivity index (χ4n) is 3.01. The number of anilines is 3. The van der Waals surface area contributed by atoms with E-state index in [0.29, 0.717) is 41.2 Å². The number of rotatable bonds is 5. The summed E-state index contributed by atoms with van der Waals surface area (Å²) in [5.74, 6) is 1.87. The number of benzene rings is 1. The van der Waals surface area contributed by atoms with Crippen molar-refractivity contribution in [1.29, 1.82) is 0 Å². The van der Waals surface area contributed by atoms with Crippen molar-refractivity contribution >= 4 is 17.6 Å². The summed E-state index contributed by atoms with van der Waals surface area (Å²) in [6.07, 6.45) is 2.64. The number of methoxy groups -OCH3 is 1. The van der Waals surface area contributed by atoms with Crippen molar-refractivity contribution in [2.75, 3.05) is 43.6 Å². The molecule has 0 unspecified atom stereocenters. The molecule has 4 rings (SSSR count). The monoisotopic (exact) mass is 384 g/mol. The molecule has 1 aromatic carbocycles. The maximum Gasteiger partial charge on any atom is 0.227 e. The van der Waals surface area contributed by atoms with Crippen LogP contribution in [0.25, 0.3) is 11.3 Å². The van der Waals surface area contributed by atoms with Crippen LogP contribution in [0.3, 0.4) is 0 Å². The molecule has 1 aliphatic rings. The number of hydrogen-bond donors (Lipinski definition) is 2. The number of H-pyrrole nitrogens is 1. The molecule has 0 aliphatic carbocycles. The minimum Gasteiger partial charge on any atom is -0.497 e. The molecule has 3 aromatic rings. The van der Waals surface area contributed by atoms with Gasteiger partial charge in [-0.1, -0.05) is 0 Å². The highest BCUT2D eigenvalue weighted by molar-refractivity contribution is 5.66. The minimum absolute atomic E-state index is 0.387. The lowest BCUT2D eigenvalue weighted by Gasteiger charge is -2.19. The lowest BCUT2D eigenvalue weighted by molar-refractivity contribution is 0.152. The van der Waals surface area contributed by atoms with E-state index in [1.165, 1.54) is 13.2 Å². The van der Waals surface area contributed by atoms with Gasteiger partial charge in [-0.05, 0) is 24.6 Å². The molecule has 28 heavy (non-hydrogen) atoms. The Kier molecular flexibility index (Phi) is 5.34. The van der Waals surface area contributed by atoms with Crippen LogP contribution in [0.1, 0.15) is 6.42 Å². The maximum absolute atomic E-state index is 14.3. The van der Waals surface area contributed by atoms with Gasteiger partial charge in [0.2, 0.25) is 5.95 Å². The lowest BCUT2D eigenvalue weighted by atomic mass is 10.1. The molecule has 8 nitrogen and oxygen atoms in total. The Morgan fingerprint density at radius 1 is 1.18 bits per heavy atom. The fraction of sp³-hybridized carbons (Fsp3) is 0.316. The van der Waals surface area contributed by atoms with Gasteiger partial charge in [-0.25, -0.2) is 9.37 Å². The van der Waals surface area contributed by atoms with Crippen LogP contribution in [0.15, 0.2) is 36.5 Å². The number of nitrogens with one attached hydrogen (secondary N) is 2. The number of aromatic amines is 1. The van der Waals surface area contributed by atoms with Gasteiger partial charge in [0.1, 0.15) is 17.4 Å². The van der Waals surface area contributed by atoms with Crippen molar-refractivity contribution in [1.82, 2.24) is 20.2 Å². The van der Waals surface area contributed by atoms with Crippen LogP contribution in [0.5, 0.6) is 5.75 Å². The van der Waals surface area contributed by atoms with Gasteiger partial charge >= 0.3 is 0 Å². The van der Waals surface area contributed by atoms with Gasteiger partial charge in [0, 0.05) is 43.6 Å². The molecule has 1 fully saturated rings. The molecule has 9 heteroatoms. The molecule has 0 amide bonds. The molecule has 2 N–H and O–H groups in total. The van der Waals surface area contributed by atoms with Crippen molar-refractivity contribution < 1.29 is 13.9 Å². The van der Waals surface area contributed by atoms with Gasteiger partial charge in [0.15, 0.2) is 5.82 Å². The molecule has 1 saturated heterocycles. The second-order valence-electron chi connectivity index (χ2n) is 6.33. The molecule has 146 valence electrons. The Morgan fingerprint density at radius 2 is 2.11 bits per heavy atom. The van der Waals surface area contributed by atoms with Crippen molar-refractivity contribution in [2.24, 2.45) is 0 Å². The first-order valence-corrected chi connectivity index (χ1v) is 9.05. The molecule has 0 saturated carbocycles. The predicted molar refractivity (Wildman–Crippen MR) is 103 cm³/mol. The van der Waals surface area contributed by atoms with Crippen LogP contribution in [0, 0.1) is 5.82 Å². The van der Waals surface area contributed by atoms with E-state index in [2.05, 4.69) is 30.4 Å². The number of halogens is 1. The third-order valence-corrected chi connectivity index (χ3v) is 4.45. The summed E-state index contributed by atoms with van der Waals surface area (Å²) in [5.41, 5.74) is 0.968. The Labute approximate surface area is 161 Å². The summed E-state index contributed by atoms with van der Waals surface area (Å²) in [5, 5.41) is 10.2. The zero-order chi connectivity index (χ0) is 19.3. The van der Waals surface area contributed by atoms with E-state index in [9.17, 15) is 4.39 Å². The molecule has 3 heterocycles. The van der Waals surface area contributed by atoms with Gasteiger partial charge in [-0.3, -0.25) is 5.10 Å². The van der Waals surface area contributed by atoms with Crippen LogP contribution < -0.4 is 15.0 Å². The zero-order valence-corrected chi connectivity index (χ0v) is 15.5. The summed E-state index contributed by atoms with van der Waals surface area (Å²) >= 11 is 0. The number of aromatic nitrogens is 4. The first-order chi connectivity index (χ1) is 13.7. The molecule has 0 bridgehead atoms. The zero-order valence-electron chi connectivity index (χ0n) is 15.5. The van der Waals surface area contributed by atoms with Crippen LogP contribution >= 0.6 is 0 Å². The van der Waals surface area contributed by atoms with Gasteiger partial charge in [0.25, 0.3) is 0 Å². The van der Waals surface area contributed by atoms with Crippen molar-refractivity contribution in [3.63, 3.8) is 0 Å². The van der Waals surface area contributed by atoms with Gasteiger partial charge in [-0.15, -0.1) is 0 Å². The molecular formula is C19H21FN6O2. The Balaban J connectivity index is 1.50. The second kappa shape index (κ2) is 8.22. The molecule has 1 aliphatic heterocycles. The second-order valence-corrected chi connectivity index (χ2v) is 6.33. The SMILES string of the molecule is COc1ccc(-c2cc(Nc3ccnc(N4CCCOCC4)n3)n[nH]2)c(F)c1. The van der Waals surface area contributed by atoms with E-state index in [-0.39, 0.29) is 5.82 Å². The number of ether oxygens (including phenoxy) is 2. The molecule has 0 radical (unpaired) electrons. The first-order valence-electron chi connectivity index (χ1n) is 9.05. The van der Waals surface area contributed by atoms with E-state index in [1.807, 2.05) is 0 Å². The quantitative estimate of drug-likeness (QED) is 0.699. The molecule has 0 atom stereocenters. The number of hydrogen-bond acceptors (Lipinski definition) is 7. The van der Waals surface area contributed by atoms with Gasteiger partial charge in [-0.2, -0.15) is 10.1 Å². The smallest absolute Gasteiger partial charge is 0.227 e. The Bertz CT molecular complexity index is 940. The fourth-order valence-corrected chi connectivity index (χ4v) is 3.01. The minimum atomic E-state index is -0.387. The molecular weight excluding hydrogens is 363 g/mol. The van der Waals surface area contributed by atoms with Crippen molar-refractivity contribution in [3.05, 3.63) is 42.3 Å². The molecule has 2 aromatic heterocycles. The summed E-state index contributed by atoms with van der Waals surface area (Å²) in [6, 6.07) is 8.18. The highest BCUT2D eigenvalue weighted by Gasteiger charge is 2.14. The maximum atomic E-state index is 14.3. The van der Waals surface area contributed by atoms with Gasteiger partial charge in [0.05, 0.1) is 19.4 Å². The predicted octanol–water partition coefficient (Wildman–Crippen LogP) is 2.98.